The lowest BCUT2D eigenvalue weighted by molar-refractivity contribution is -0.0681. The number of aliphatic hydroxyl groups is 1. The molecule has 84 valence electrons. The summed E-state index contributed by atoms with van der Waals surface area (Å²) >= 11 is 6.01. The molecule has 0 bridgehead atoms. The molecular weight excluding hydrogens is 226 g/mol. The van der Waals surface area contributed by atoms with Crippen LogP contribution in [-0.4, -0.2) is 11.1 Å². The van der Waals surface area contributed by atoms with E-state index < -0.39 is 5.60 Å². The van der Waals surface area contributed by atoms with Gasteiger partial charge in [0, 0.05) is 11.4 Å². The minimum absolute atomic E-state index is 0.0636. The molecule has 1 aliphatic rings. The van der Waals surface area contributed by atoms with E-state index in [1.54, 1.807) is 6.07 Å². The van der Waals surface area contributed by atoms with Crippen LogP contribution in [0.5, 0.6) is 0 Å². The maximum Gasteiger partial charge on any atom is 0.153 e. The summed E-state index contributed by atoms with van der Waals surface area (Å²) < 4.78 is 5.62. The third-order valence-corrected chi connectivity index (χ3v) is 3.45. The zero-order valence-corrected chi connectivity index (χ0v) is 9.37. The smallest absolute Gasteiger partial charge is 0.153 e. The van der Waals surface area contributed by atoms with Gasteiger partial charge in [0.1, 0.15) is 11.4 Å². The number of benzene rings is 1. The Kier molecular flexibility index (Phi) is 2.05. The molecule has 3 N–H and O–H groups in total. The predicted octanol–water partition coefficient (Wildman–Crippen LogP) is 2.39. The van der Waals surface area contributed by atoms with Crippen molar-refractivity contribution in [3.63, 3.8) is 0 Å². The maximum absolute atomic E-state index is 10.2. The fourth-order valence-corrected chi connectivity index (χ4v) is 2.49. The van der Waals surface area contributed by atoms with Crippen LogP contribution >= 0.6 is 11.6 Å². The summed E-state index contributed by atoms with van der Waals surface area (Å²) in [5.41, 5.74) is 5.42. The molecule has 0 atom stereocenters. The topological polar surface area (TPSA) is 59.4 Å². The average Bonchev–Trinajstić information content (AvgIpc) is 2.61. The predicted molar refractivity (Wildman–Crippen MR) is 62.3 cm³/mol. The van der Waals surface area contributed by atoms with Crippen LogP contribution in [0.25, 0.3) is 11.0 Å². The summed E-state index contributed by atoms with van der Waals surface area (Å²) in [6.07, 6.45) is 1.09. The van der Waals surface area contributed by atoms with Crippen LogP contribution in [0, 0.1) is 0 Å². The molecule has 1 heterocycles. The Labute approximate surface area is 97.8 Å². The Hall–Kier alpha value is -1.03. The van der Waals surface area contributed by atoms with E-state index in [1.165, 1.54) is 0 Å². The van der Waals surface area contributed by atoms with E-state index in [9.17, 15) is 5.11 Å². The molecule has 1 fully saturated rings. The van der Waals surface area contributed by atoms with E-state index in [0.717, 1.165) is 5.39 Å². The van der Waals surface area contributed by atoms with Gasteiger partial charge in [-0.15, -0.1) is 0 Å². The fourth-order valence-electron chi connectivity index (χ4n) is 2.27. The van der Waals surface area contributed by atoms with E-state index in [4.69, 9.17) is 21.8 Å². The number of furan rings is 1. The van der Waals surface area contributed by atoms with Crippen molar-refractivity contribution in [1.29, 1.82) is 0 Å². The molecule has 0 unspecified atom stereocenters. The van der Waals surface area contributed by atoms with Gasteiger partial charge in [0.15, 0.2) is 5.58 Å². The molecule has 3 rings (SSSR count). The first kappa shape index (κ1) is 10.1. The van der Waals surface area contributed by atoms with Crippen molar-refractivity contribution in [2.75, 3.05) is 0 Å². The third-order valence-electron chi connectivity index (χ3n) is 3.15. The highest BCUT2D eigenvalue weighted by Gasteiger charge is 2.44. The molecule has 3 nitrogen and oxygen atoms in total. The van der Waals surface area contributed by atoms with Gasteiger partial charge in [0.2, 0.25) is 0 Å². The van der Waals surface area contributed by atoms with Crippen molar-refractivity contribution in [1.82, 2.24) is 0 Å². The van der Waals surface area contributed by atoms with Crippen molar-refractivity contribution < 1.29 is 9.52 Å². The van der Waals surface area contributed by atoms with E-state index in [-0.39, 0.29) is 6.04 Å². The SMILES string of the molecule is NC1CC(O)(c2cc3cccc(Cl)c3o2)C1. The lowest BCUT2D eigenvalue weighted by atomic mass is 9.74. The first-order valence-corrected chi connectivity index (χ1v) is 5.63. The molecule has 16 heavy (non-hydrogen) atoms. The second-order valence-corrected chi connectivity index (χ2v) is 4.88. The molecule has 1 aliphatic carbocycles. The zero-order chi connectivity index (χ0) is 11.3. The van der Waals surface area contributed by atoms with E-state index in [2.05, 4.69) is 0 Å². The van der Waals surface area contributed by atoms with Gasteiger partial charge in [-0.1, -0.05) is 23.7 Å². The minimum atomic E-state index is -0.901. The normalized spacial score (nSPS) is 29.3. The number of hydrogen-bond acceptors (Lipinski definition) is 3. The van der Waals surface area contributed by atoms with Crippen LogP contribution in [0.4, 0.5) is 0 Å². The monoisotopic (exact) mass is 237 g/mol. The lowest BCUT2D eigenvalue weighted by Crippen LogP contribution is -2.48. The minimum Gasteiger partial charge on any atom is -0.456 e. The van der Waals surface area contributed by atoms with Crippen molar-refractivity contribution in [2.45, 2.75) is 24.5 Å². The molecule has 4 heteroatoms. The third kappa shape index (κ3) is 1.36. The summed E-state index contributed by atoms with van der Waals surface area (Å²) in [6, 6.07) is 7.45. The molecule has 0 saturated heterocycles. The molecule has 1 aromatic carbocycles. The number of nitrogens with two attached hydrogens (primary N) is 1. The van der Waals surface area contributed by atoms with Gasteiger partial charge >= 0.3 is 0 Å². The van der Waals surface area contributed by atoms with Crippen LogP contribution in [0.3, 0.4) is 0 Å². The molecule has 0 radical (unpaired) electrons. The maximum atomic E-state index is 10.2. The Balaban J connectivity index is 2.09. The van der Waals surface area contributed by atoms with Crippen LogP contribution in [0.15, 0.2) is 28.7 Å². The van der Waals surface area contributed by atoms with Crippen LogP contribution in [0.2, 0.25) is 5.02 Å². The van der Waals surface area contributed by atoms with Gasteiger partial charge in [0.25, 0.3) is 0 Å². The van der Waals surface area contributed by atoms with E-state index >= 15 is 0 Å². The first-order valence-electron chi connectivity index (χ1n) is 5.25. The van der Waals surface area contributed by atoms with Crippen LogP contribution in [0.1, 0.15) is 18.6 Å². The Morgan fingerprint density at radius 3 is 2.81 bits per heavy atom. The van der Waals surface area contributed by atoms with Crippen molar-refractivity contribution in [2.24, 2.45) is 5.73 Å². The Bertz CT molecular complexity index is 543. The second-order valence-electron chi connectivity index (χ2n) is 4.47. The quantitative estimate of drug-likeness (QED) is 0.801. The van der Waals surface area contributed by atoms with Crippen molar-refractivity contribution in [3.8, 4) is 0 Å². The number of fused-ring (bicyclic) bond motifs is 1. The number of rotatable bonds is 1. The number of hydrogen-bond donors (Lipinski definition) is 2. The van der Waals surface area contributed by atoms with Gasteiger partial charge in [0.05, 0.1) is 5.02 Å². The summed E-state index contributed by atoms with van der Waals surface area (Å²) in [6.45, 7) is 0. The molecule has 0 spiro atoms. The van der Waals surface area contributed by atoms with Gasteiger partial charge in [-0.25, -0.2) is 0 Å². The fraction of sp³-hybridized carbons (Fsp3) is 0.333. The number of para-hydroxylation sites is 1. The molecule has 1 aromatic heterocycles. The molecule has 0 amide bonds. The van der Waals surface area contributed by atoms with Gasteiger partial charge in [-0.05, 0) is 25.0 Å². The van der Waals surface area contributed by atoms with E-state index in [0.29, 0.717) is 29.2 Å². The van der Waals surface area contributed by atoms with Crippen molar-refractivity contribution >= 4 is 22.6 Å². The highest BCUT2D eigenvalue weighted by atomic mass is 35.5. The van der Waals surface area contributed by atoms with Crippen LogP contribution in [-0.2, 0) is 5.60 Å². The summed E-state index contributed by atoms with van der Waals surface area (Å²) in [7, 11) is 0. The van der Waals surface area contributed by atoms with Crippen molar-refractivity contribution in [3.05, 3.63) is 35.0 Å². The molecule has 0 aliphatic heterocycles. The van der Waals surface area contributed by atoms with E-state index in [1.807, 2.05) is 18.2 Å². The van der Waals surface area contributed by atoms with Gasteiger partial charge in [-0.2, -0.15) is 0 Å². The summed E-state index contributed by atoms with van der Waals surface area (Å²) in [5.74, 6) is 0.567. The average molecular weight is 238 g/mol. The Morgan fingerprint density at radius 2 is 2.19 bits per heavy atom. The molecule has 2 aromatic rings. The summed E-state index contributed by atoms with van der Waals surface area (Å²) in [5, 5.41) is 11.7. The Morgan fingerprint density at radius 1 is 1.44 bits per heavy atom. The standard InChI is InChI=1S/C12H12ClNO2/c13-9-3-1-2-7-4-10(16-11(7)9)12(15)5-8(14)6-12/h1-4,8,15H,5-6,14H2. The lowest BCUT2D eigenvalue weighted by Gasteiger charge is -2.39. The largest absolute Gasteiger partial charge is 0.456 e. The first-order chi connectivity index (χ1) is 7.58. The van der Waals surface area contributed by atoms with Gasteiger partial charge < -0.3 is 15.3 Å². The second kappa shape index (κ2) is 3.23. The van der Waals surface area contributed by atoms with Crippen LogP contribution < -0.4 is 5.73 Å². The summed E-state index contributed by atoms with van der Waals surface area (Å²) in [4.78, 5) is 0. The molecule has 1 saturated carbocycles. The highest BCUT2D eigenvalue weighted by molar-refractivity contribution is 6.34. The zero-order valence-electron chi connectivity index (χ0n) is 8.61. The van der Waals surface area contributed by atoms with Gasteiger partial charge in [-0.3, -0.25) is 0 Å². The number of halogens is 1. The highest BCUT2D eigenvalue weighted by Crippen LogP contribution is 2.43. The molecular formula is C12H12ClNO2.